The molecule has 0 saturated heterocycles. The first kappa shape index (κ1) is 18.6. The van der Waals surface area contributed by atoms with Gasteiger partial charge in [-0.3, -0.25) is 4.79 Å². The minimum atomic E-state index is -0.0450. The fourth-order valence-electron chi connectivity index (χ4n) is 2.69. The number of methoxy groups -OCH3 is 1. The Morgan fingerprint density at radius 1 is 1.25 bits per heavy atom. The highest BCUT2D eigenvalue weighted by Crippen LogP contribution is 2.14. The molecule has 4 nitrogen and oxygen atoms in total. The Balaban J connectivity index is 2.09. The van der Waals surface area contributed by atoms with E-state index in [4.69, 9.17) is 16.3 Å². The molecular weight excluding hydrogens is 324 g/mol. The molecule has 2 rings (SSSR count). The molecule has 130 valence electrons. The minimum Gasteiger partial charge on any atom is -0.385 e. The van der Waals surface area contributed by atoms with Gasteiger partial charge in [-0.25, -0.2) is 0 Å². The van der Waals surface area contributed by atoms with Gasteiger partial charge in [-0.05, 0) is 36.6 Å². The Labute approximate surface area is 149 Å². The third kappa shape index (κ3) is 5.11. The van der Waals surface area contributed by atoms with Crippen molar-refractivity contribution in [3.8, 4) is 0 Å². The van der Waals surface area contributed by atoms with E-state index in [1.165, 1.54) is 11.1 Å². The quantitative estimate of drug-likeness (QED) is 0.514. The molecule has 1 heterocycles. The van der Waals surface area contributed by atoms with Crippen LogP contribution in [-0.2, 0) is 22.6 Å². The highest BCUT2D eigenvalue weighted by Gasteiger charge is 2.14. The zero-order valence-corrected chi connectivity index (χ0v) is 15.1. The van der Waals surface area contributed by atoms with Crippen molar-refractivity contribution in [3.63, 3.8) is 0 Å². The molecule has 2 aromatic rings. The third-order valence-corrected chi connectivity index (χ3v) is 4.35. The molecule has 0 unspecified atom stereocenters. The smallest absolute Gasteiger partial charge is 0.237 e. The minimum absolute atomic E-state index is 0.00544. The summed E-state index contributed by atoms with van der Waals surface area (Å²) in [6.07, 6.45) is 2.86. The number of carbonyl (C=O) groups excluding carboxylic acids is 1. The molecule has 0 N–H and O–H groups in total. The molecule has 0 bridgehead atoms. The summed E-state index contributed by atoms with van der Waals surface area (Å²) in [7, 11) is 1.67. The number of ether oxygens (including phenoxy) is 1. The van der Waals surface area contributed by atoms with E-state index in [1.807, 2.05) is 12.1 Å². The molecule has 0 aliphatic carbocycles. The Morgan fingerprint density at radius 2 is 2.04 bits per heavy atom. The lowest BCUT2D eigenvalue weighted by molar-refractivity contribution is -0.129. The lowest BCUT2D eigenvalue weighted by Crippen LogP contribution is -2.33. The predicted octanol–water partition coefficient (Wildman–Crippen LogP) is 3.45. The van der Waals surface area contributed by atoms with Crippen LogP contribution in [0.4, 0.5) is 0 Å². The van der Waals surface area contributed by atoms with Gasteiger partial charge in [0.25, 0.3) is 0 Å². The molecule has 0 saturated carbocycles. The Hall–Kier alpha value is -1.78. The van der Waals surface area contributed by atoms with Crippen molar-refractivity contribution in [2.75, 3.05) is 26.1 Å². The molecule has 0 aliphatic rings. The molecule has 24 heavy (non-hydrogen) atoms. The first-order valence-corrected chi connectivity index (χ1v) is 8.70. The van der Waals surface area contributed by atoms with Crippen molar-refractivity contribution in [2.45, 2.75) is 26.4 Å². The van der Waals surface area contributed by atoms with Crippen LogP contribution in [0.2, 0.25) is 0 Å². The fraction of sp³-hybridized carbons (Fsp3) is 0.421. The number of hydrogen-bond donors (Lipinski definition) is 0. The van der Waals surface area contributed by atoms with Gasteiger partial charge in [-0.15, -0.1) is 11.6 Å². The van der Waals surface area contributed by atoms with Crippen LogP contribution >= 0.6 is 11.6 Å². The van der Waals surface area contributed by atoms with Gasteiger partial charge in [0.15, 0.2) is 0 Å². The van der Waals surface area contributed by atoms with Gasteiger partial charge in [-0.2, -0.15) is 0 Å². The van der Waals surface area contributed by atoms with Crippen LogP contribution in [0.3, 0.4) is 0 Å². The number of amides is 1. The van der Waals surface area contributed by atoms with Crippen molar-refractivity contribution in [3.05, 3.63) is 59.4 Å². The summed E-state index contributed by atoms with van der Waals surface area (Å²) in [6.45, 7) is 4.77. The number of aromatic nitrogens is 1. The van der Waals surface area contributed by atoms with E-state index in [2.05, 4.69) is 42.0 Å². The number of carbonyl (C=O) groups is 1. The second-order valence-electron chi connectivity index (χ2n) is 5.85. The average molecular weight is 349 g/mol. The first-order chi connectivity index (χ1) is 11.7. The van der Waals surface area contributed by atoms with E-state index >= 15 is 0 Å². The van der Waals surface area contributed by atoms with E-state index < -0.39 is 0 Å². The van der Waals surface area contributed by atoms with E-state index in [1.54, 1.807) is 12.0 Å². The average Bonchev–Trinajstić information content (AvgIpc) is 3.02. The maximum atomic E-state index is 12.1. The van der Waals surface area contributed by atoms with Crippen LogP contribution in [-0.4, -0.2) is 41.5 Å². The number of rotatable bonds is 9. The second kappa shape index (κ2) is 9.50. The summed E-state index contributed by atoms with van der Waals surface area (Å²) in [6, 6.07) is 12.4. The normalized spacial score (nSPS) is 10.8. The Morgan fingerprint density at radius 3 is 2.75 bits per heavy atom. The summed E-state index contributed by atoms with van der Waals surface area (Å²) >= 11 is 5.76. The lowest BCUT2D eigenvalue weighted by atomic mass is 10.1. The number of alkyl halides is 1. The number of halogens is 1. The zero-order valence-electron chi connectivity index (χ0n) is 14.4. The highest BCUT2D eigenvalue weighted by molar-refractivity contribution is 6.27. The van der Waals surface area contributed by atoms with Gasteiger partial charge < -0.3 is 14.2 Å². The Bertz CT molecular complexity index is 654. The predicted molar refractivity (Wildman–Crippen MR) is 97.3 cm³/mol. The molecule has 5 heteroatoms. The largest absolute Gasteiger partial charge is 0.385 e. The van der Waals surface area contributed by atoms with Gasteiger partial charge in [0.2, 0.25) is 5.91 Å². The number of aryl methyl sites for hydroxylation is 1. The second-order valence-corrected chi connectivity index (χ2v) is 6.12. The van der Waals surface area contributed by atoms with Crippen LogP contribution in [0.15, 0.2) is 42.6 Å². The van der Waals surface area contributed by atoms with Crippen molar-refractivity contribution in [2.24, 2.45) is 0 Å². The molecule has 0 atom stereocenters. The van der Waals surface area contributed by atoms with Gasteiger partial charge in [0, 0.05) is 38.7 Å². The maximum absolute atomic E-state index is 12.1. The Kier molecular flexibility index (Phi) is 7.35. The monoisotopic (exact) mass is 348 g/mol. The summed E-state index contributed by atoms with van der Waals surface area (Å²) in [5, 5.41) is 0. The van der Waals surface area contributed by atoms with Crippen LogP contribution < -0.4 is 0 Å². The highest BCUT2D eigenvalue weighted by atomic mass is 35.5. The molecule has 0 spiro atoms. The van der Waals surface area contributed by atoms with Crippen LogP contribution in [0.5, 0.6) is 0 Å². The molecule has 1 amide bonds. The summed E-state index contributed by atoms with van der Waals surface area (Å²) in [5.74, 6) is -0.0395. The van der Waals surface area contributed by atoms with Gasteiger partial charge in [0.1, 0.15) is 5.88 Å². The number of benzene rings is 1. The van der Waals surface area contributed by atoms with Crippen molar-refractivity contribution in [1.82, 2.24) is 9.47 Å². The van der Waals surface area contributed by atoms with Crippen LogP contribution in [0, 0.1) is 6.92 Å². The van der Waals surface area contributed by atoms with E-state index in [-0.39, 0.29) is 11.8 Å². The van der Waals surface area contributed by atoms with Crippen molar-refractivity contribution >= 4 is 17.5 Å². The van der Waals surface area contributed by atoms with Gasteiger partial charge in [-0.1, -0.05) is 24.3 Å². The lowest BCUT2D eigenvalue weighted by Gasteiger charge is -2.23. The van der Waals surface area contributed by atoms with Crippen molar-refractivity contribution in [1.29, 1.82) is 0 Å². The molecule has 0 aliphatic heterocycles. The first-order valence-electron chi connectivity index (χ1n) is 8.17. The van der Waals surface area contributed by atoms with E-state index in [9.17, 15) is 4.79 Å². The zero-order chi connectivity index (χ0) is 17.4. The van der Waals surface area contributed by atoms with Gasteiger partial charge in [0.05, 0.1) is 6.54 Å². The van der Waals surface area contributed by atoms with E-state index in [0.717, 1.165) is 18.7 Å². The number of hydrogen-bond acceptors (Lipinski definition) is 2. The SMILES string of the molecule is COCCCN(Cc1cccn1Cc1ccccc1C)C(=O)CCl. The van der Waals surface area contributed by atoms with E-state index in [0.29, 0.717) is 19.7 Å². The van der Waals surface area contributed by atoms with Crippen molar-refractivity contribution < 1.29 is 9.53 Å². The van der Waals surface area contributed by atoms with Gasteiger partial charge >= 0.3 is 0 Å². The topological polar surface area (TPSA) is 34.5 Å². The maximum Gasteiger partial charge on any atom is 0.237 e. The molecular formula is C19H25ClN2O2. The summed E-state index contributed by atoms with van der Waals surface area (Å²) in [5.41, 5.74) is 3.66. The fourth-order valence-corrected chi connectivity index (χ4v) is 2.86. The summed E-state index contributed by atoms with van der Waals surface area (Å²) < 4.78 is 7.27. The van der Waals surface area contributed by atoms with Crippen LogP contribution in [0.25, 0.3) is 0 Å². The molecule has 1 aromatic carbocycles. The number of nitrogens with zero attached hydrogens (tertiary/aromatic N) is 2. The molecule has 0 radical (unpaired) electrons. The molecule has 1 aromatic heterocycles. The third-order valence-electron chi connectivity index (χ3n) is 4.12. The summed E-state index contributed by atoms with van der Waals surface area (Å²) in [4.78, 5) is 13.9. The van der Waals surface area contributed by atoms with Crippen LogP contribution in [0.1, 0.15) is 23.2 Å². The standard InChI is InChI=1S/C19H25ClN2O2/c1-16-7-3-4-8-17(16)14-21-10-5-9-18(21)15-22(19(23)13-20)11-6-12-24-2/h3-5,7-10H,6,11-15H2,1-2H3. The molecule has 0 fully saturated rings.